The van der Waals surface area contributed by atoms with Gasteiger partial charge in [0.05, 0.1) is 5.92 Å². The molecule has 1 heterocycles. The highest BCUT2D eigenvalue weighted by atomic mass is 16.4. The normalized spacial score (nSPS) is 23.1. The van der Waals surface area contributed by atoms with E-state index in [0.717, 1.165) is 19.4 Å². The Hall–Kier alpha value is -1.59. The quantitative estimate of drug-likeness (QED) is 0.799. The lowest BCUT2D eigenvalue weighted by molar-refractivity contribution is -0.156. The molecule has 1 aliphatic heterocycles. The lowest BCUT2D eigenvalue weighted by atomic mass is 10.00. The summed E-state index contributed by atoms with van der Waals surface area (Å²) in [7, 11) is 1.49. The standard InChI is InChI=1S/C14H22N2O4/c1-14(2,13(19)20)15(3)12(18)10-6-11(17)16(8-10)7-9-4-5-9/h9-10H,4-8H2,1-3H3,(H,19,20). The van der Waals surface area contributed by atoms with Gasteiger partial charge in [-0.25, -0.2) is 4.79 Å². The maximum atomic E-state index is 12.4. The van der Waals surface area contributed by atoms with Crippen LogP contribution in [0.5, 0.6) is 0 Å². The fourth-order valence-corrected chi connectivity index (χ4v) is 2.42. The van der Waals surface area contributed by atoms with Crippen molar-refractivity contribution in [1.82, 2.24) is 9.80 Å². The Bertz CT molecular complexity index is 442. The largest absolute Gasteiger partial charge is 0.480 e. The van der Waals surface area contributed by atoms with Crippen molar-refractivity contribution in [1.29, 1.82) is 0 Å². The molecule has 2 fully saturated rings. The molecule has 20 heavy (non-hydrogen) atoms. The smallest absolute Gasteiger partial charge is 0.329 e. The average Bonchev–Trinajstić information content (AvgIpc) is 3.11. The predicted octanol–water partition coefficient (Wildman–Crippen LogP) is 0.567. The van der Waals surface area contributed by atoms with Crippen LogP contribution < -0.4 is 0 Å². The third-order valence-electron chi connectivity index (χ3n) is 4.43. The van der Waals surface area contributed by atoms with E-state index in [9.17, 15) is 14.4 Å². The van der Waals surface area contributed by atoms with E-state index in [1.54, 1.807) is 4.90 Å². The van der Waals surface area contributed by atoms with Crippen LogP contribution in [0.3, 0.4) is 0 Å². The first kappa shape index (κ1) is 14.8. The molecule has 2 amide bonds. The molecular weight excluding hydrogens is 260 g/mol. The Labute approximate surface area is 118 Å². The topological polar surface area (TPSA) is 77.9 Å². The Morgan fingerprint density at radius 2 is 2.00 bits per heavy atom. The summed E-state index contributed by atoms with van der Waals surface area (Å²) in [6.07, 6.45) is 2.52. The Morgan fingerprint density at radius 1 is 1.40 bits per heavy atom. The molecule has 0 spiro atoms. The third-order valence-corrected chi connectivity index (χ3v) is 4.43. The third kappa shape index (κ3) is 2.78. The van der Waals surface area contributed by atoms with Crippen LogP contribution >= 0.6 is 0 Å². The van der Waals surface area contributed by atoms with Crippen LogP contribution in [0.4, 0.5) is 0 Å². The Kier molecular flexibility index (Phi) is 3.75. The number of rotatable bonds is 5. The zero-order valence-corrected chi connectivity index (χ0v) is 12.3. The second-order valence-electron chi connectivity index (χ2n) is 6.40. The van der Waals surface area contributed by atoms with Crippen molar-refractivity contribution in [3.05, 3.63) is 0 Å². The zero-order chi connectivity index (χ0) is 15.1. The minimum absolute atomic E-state index is 0.0109. The van der Waals surface area contributed by atoms with E-state index in [1.807, 2.05) is 0 Å². The van der Waals surface area contributed by atoms with Gasteiger partial charge in [-0.1, -0.05) is 0 Å². The highest BCUT2D eigenvalue weighted by Crippen LogP contribution is 2.32. The first-order valence-corrected chi connectivity index (χ1v) is 7.02. The van der Waals surface area contributed by atoms with Gasteiger partial charge >= 0.3 is 5.97 Å². The molecule has 6 nitrogen and oxygen atoms in total. The molecule has 0 aromatic rings. The minimum atomic E-state index is -1.26. The second kappa shape index (κ2) is 5.07. The van der Waals surface area contributed by atoms with Crippen LogP contribution in [-0.4, -0.2) is 58.4 Å². The first-order valence-electron chi connectivity index (χ1n) is 7.02. The van der Waals surface area contributed by atoms with Gasteiger partial charge in [0.1, 0.15) is 5.54 Å². The van der Waals surface area contributed by atoms with Gasteiger partial charge < -0.3 is 14.9 Å². The molecular formula is C14H22N2O4. The average molecular weight is 282 g/mol. The molecule has 0 bridgehead atoms. The molecule has 1 aliphatic carbocycles. The number of likely N-dealkylation sites (tertiary alicyclic amines) is 1. The summed E-state index contributed by atoms with van der Waals surface area (Å²) in [5.74, 6) is -1.11. The molecule has 1 atom stereocenters. The van der Waals surface area contributed by atoms with Gasteiger partial charge in [0.15, 0.2) is 0 Å². The summed E-state index contributed by atoms with van der Waals surface area (Å²) < 4.78 is 0. The van der Waals surface area contributed by atoms with E-state index in [-0.39, 0.29) is 18.2 Å². The van der Waals surface area contributed by atoms with E-state index < -0.39 is 17.4 Å². The number of carbonyl (C=O) groups is 3. The molecule has 1 saturated heterocycles. The van der Waals surface area contributed by atoms with Gasteiger partial charge in [0.25, 0.3) is 0 Å². The predicted molar refractivity (Wildman–Crippen MR) is 71.9 cm³/mol. The van der Waals surface area contributed by atoms with Crippen LogP contribution in [0.15, 0.2) is 0 Å². The van der Waals surface area contributed by atoms with Crippen molar-refractivity contribution in [3.63, 3.8) is 0 Å². The van der Waals surface area contributed by atoms with Crippen molar-refractivity contribution < 1.29 is 19.5 Å². The molecule has 1 unspecified atom stereocenters. The van der Waals surface area contributed by atoms with Gasteiger partial charge in [-0.05, 0) is 32.6 Å². The lowest BCUT2D eigenvalue weighted by Crippen LogP contribution is -2.52. The highest BCUT2D eigenvalue weighted by Gasteiger charge is 2.42. The molecule has 6 heteroatoms. The summed E-state index contributed by atoms with van der Waals surface area (Å²) in [5.41, 5.74) is -1.26. The van der Waals surface area contributed by atoms with E-state index in [2.05, 4.69) is 0 Å². The summed E-state index contributed by atoms with van der Waals surface area (Å²) in [6.45, 7) is 4.15. The fraction of sp³-hybridized carbons (Fsp3) is 0.786. The van der Waals surface area contributed by atoms with Gasteiger partial charge in [0.2, 0.25) is 11.8 Å². The summed E-state index contributed by atoms with van der Waals surface area (Å²) in [4.78, 5) is 38.5. The number of aliphatic carboxylic acids is 1. The van der Waals surface area contributed by atoms with Gasteiger partial charge in [-0.2, -0.15) is 0 Å². The zero-order valence-electron chi connectivity index (χ0n) is 12.3. The number of hydrogen-bond donors (Lipinski definition) is 1. The Balaban J connectivity index is 1.99. The summed E-state index contributed by atoms with van der Waals surface area (Å²) in [5, 5.41) is 9.16. The first-order chi connectivity index (χ1) is 9.23. The van der Waals surface area contributed by atoms with Crippen molar-refractivity contribution in [2.45, 2.75) is 38.6 Å². The van der Waals surface area contributed by atoms with Crippen LogP contribution in [0.25, 0.3) is 0 Å². The lowest BCUT2D eigenvalue weighted by Gasteiger charge is -2.33. The van der Waals surface area contributed by atoms with Crippen LogP contribution in [0.2, 0.25) is 0 Å². The molecule has 0 aromatic heterocycles. The number of carbonyl (C=O) groups excluding carboxylic acids is 2. The highest BCUT2D eigenvalue weighted by molar-refractivity contribution is 5.92. The molecule has 0 aromatic carbocycles. The van der Waals surface area contributed by atoms with E-state index >= 15 is 0 Å². The molecule has 2 aliphatic rings. The molecule has 1 saturated carbocycles. The van der Waals surface area contributed by atoms with Crippen LogP contribution in [0.1, 0.15) is 33.1 Å². The van der Waals surface area contributed by atoms with E-state index in [4.69, 9.17) is 5.11 Å². The van der Waals surface area contributed by atoms with Crippen LogP contribution in [-0.2, 0) is 14.4 Å². The van der Waals surface area contributed by atoms with Crippen molar-refractivity contribution in [2.75, 3.05) is 20.1 Å². The number of nitrogens with zero attached hydrogens (tertiary/aromatic N) is 2. The van der Waals surface area contributed by atoms with E-state index in [0.29, 0.717) is 12.5 Å². The van der Waals surface area contributed by atoms with Crippen LogP contribution in [0, 0.1) is 11.8 Å². The summed E-state index contributed by atoms with van der Waals surface area (Å²) in [6, 6.07) is 0. The van der Waals surface area contributed by atoms with Gasteiger partial charge in [-0.3, -0.25) is 9.59 Å². The molecule has 1 N–H and O–H groups in total. The van der Waals surface area contributed by atoms with Crippen molar-refractivity contribution >= 4 is 17.8 Å². The molecule has 0 radical (unpaired) electrons. The van der Waals surface area contributed by atoms with Crippen molar-refractivity contribution in [2.24, 2.45) is 11.8 Å². The second-order valence-corrected chi connectivity index (χ2v) is 6.40. The fourth-order valence-electron chi connectivity index (χ4n) is 2.42. The molecule has 112 valence electrons. The number of likely N-dealkylation sites (N-methyl/N-ethyl adjacent to an activating group) is 1. The van der Waals surface area contributed by atoms with Crippen molar-refractivity contribution in [3.8, 4) is 0 Å². The Morgan fingerprint density at radius 3 is 2.50 bits per heavy atom. The van der Waals surface area contributed by atoms with Gasteiger partial charge in [0, 0.05) is 26.6 Å². The SMILES string of the molecule is CN(C(=O)C1CC(=O)N(CC2CC2)C1)C(C)(C)C(=O)O. The monoisotopic (exact) mass is 282 g/mol. The summed E-state index contributed by atoms with van der Waals surface area (Å²) >= 11 is 0. The minimum Gasteiger partial charge on any atom is -0.480 e. The number of carboxylic acids is 1. The maximum Gasteiger partial charge on any atom is 0.329 e. The van der Waals surface area contributed by atoms with E-state index in [1.165, 1.54) is 25.8 Å². The van der Waals surface area contributed by atoms with Gasteiger partial charge in [-0.15, -0.1) is 0 Å². The maximum absolute atomic E-state index is 12.4. The number of amides is 2. The number of carboxylic acid groups (broad SMARTS) is 1. The number of hydrogen-bond acceptors (Lipinski definition) is 3. The molecule has 2 rings (SSSR count).